The minimum Gasteiger partial charge on any atom is -0.344 e. The van der Waals surface area contributed by atoms with E-state index in [2.05, 4.69) is 20.8 Å². The first-order valence-corrected chi connectivity index (χ1v) is 6.81. The molecule has 1 fully saturated rings. The molecule has 2 unspecified atom stereocenters. The lowest BCUT2D eigenvalue weighted by Gasteiger charge is -2.26. The molecule has 2 heterocycles. The molecule has 1 aromatic heterocycles. The summed E-state index contributed by atoms with van der Waals surface area (Å²) in [4.78, 5) is 35.1. The average Bonchev–Trinajstić information content (AvgIpc) is 2.90. The molecule has 7 heteroatoms. The fourth-order valence-corrected chi connectivity index (χ4v) is 2.84. The van der Waals surface area contributed by atoms with Crippen molar-refractivity contribution >= 4 is 17.7 Å². The van der Waals surface area contributed by atoms with E-state index in [1.54, 1.807) is 6.20 Å². The van der Waals surface area contributed by atoms with E-state index in [-0.39, 0.29) is 24.2 Å². The molecule has 0 saturated carbocycles. The number of rotatable bonds is 2. The second kappa shape index (κ2) is 5.07. The predicted octanol–water partition coefficient (Wildman–Crippen LogP) is -0.249. The highest BCUT2D eigenvalue weighted by Gasteiger charge is 2.33. The number of hydrogen-bond donors (Lipinski definition) is 3. The van der Waals surface area contributed by atoms with Gasteiger partial charge in [-0.05, 0) is 25.7 Å². The molecule has 1 aliphatic heterocycles. The van der Waals surface area contributed by atoms with E-state index in [1.165, 1.54) is 0 Å². The first-order chi connectivity index (χ1) is 9.65. The lowest BCUT2D eigenvalue weighted by molar-refractivity contribution is -0.137. The van der Waals surface area contributed by atoms with Crippen molar-refractivity contribution in [3.05, 3.63) is 17.5 Å². The number of piperidine rings is 1. The van der Waals surface area contributed by atoms with Crippen LogP contribution in [-0.2, 0) is 20.8 Å². The number of carbonyl (C=O) groups is 3. The summed E-state index contributed by atoms with van der Waals surface area (Å²) in [7, 11) is 0. The Hall–Kier alpha value is -2.18. The maximum absolute atomic E-state index is 12.3. The highest BCUT2D eigenvalue weighted by Crippen LogP contribution is 2.30. The summed E-state index contributed by atoms with van der Waals surface area (Å²) in [6.45, 7) is 0. The summed E-state index contributed by atoms with van der Waals surface area (Å²) in [5, 5.41) is 11.9. The molecule has 1 aromatic rings. The van der Waals surface area contributed by atoms with Crippen LogP contribution in [0.2, 0.25) is 0 Å². The van der Waals surface area contributed by atoms with Crippen LogP contribution in [0.1, 0.15) is 42.9 Å². The number of carbonyl (C=O) groups excluding carboxylic acids is 3. The quantitative estimate of drug-likeness (QED) is 0.648. The fourth-order valence-electron chi connectivity index (χ4n) is 2.84. The van der Waals surface area contributed by atoms with Crippen molar-refractivity contribution in [3.63, 3.8) is 0 Å². The van der Waals surface area contributed by atoms with Gasteiger partial charge in [-0.3, -0.25) is 24.8 Å². The van der Waals surface area contributed by atoms with E-state index >= 15 is 0 Å². The van der Waals surface area contributed by atoms with E-state index in [1.807, 2.05) is 0 Å². The summed E-state index contributed by atoms with van der Waals surface area (Å²) < 4.78 is 0. The van der Waals surface area contributed by atoms with Crippen LogP contribution in [-0.4, -0.2) is 34.0 Å². The summed E-state index contributed by atoms with van der Waals surface area (Å²) in [6.07, 6.45) is 4.88. The lowest BCUT2D eigenvalue weighted by atomic mass is 9.86. The van der Waals surface area contributed by atoms with Gasteiger partial charge >= 0.3 is 0 Å². The molecule has 7 nitrogen and oxygen atoms in total. The van der Waals surface area contributed by atoms with Crippen LogP contribution in [0.15, 0.2) is 6.20 Å². The molecule has 3 rings (SSSR count). The van der Waals surface area contributed by atoms with Crippen molar-refractivity contribution in [1.82, 2.24) is 20.8 Å². The number of hydrogen-bond acceptors (Lipinski definition) is 4. The average molecular weight is 276 g/mol. The Labute approximate surface area is 115 Å². The molecular formula is C13H16N4O3. The molecule has 3 amide bonds. The van der Waals surface area contributed by atoms with Crippen molar-refractivity contribution < 1.29 is 14.4 Å². The highest BCUT2D eigenvalue weighted by atomic mass is 16.2. The van der Waals surface area contributed by atoms with Crippen LogP contribution in [0.3, 0.4) is 0 Å². The number of H-pyrrole nitrogens is 1. The third-order valence-corrected chi connectivity index (χ3v) is 3.92. The fraction of sp³-hybridized carbons (Fsp3) is 0.538. The monoisotopic (exact) mass is 276 g/mol. The van der Waals surface area contributed by atoms with Crippen LogP contribution < -0.4 is 10.6 Å². The molecule has 1 aliphatic carbocycles. The molecule has 0 bridgehead atoms. The maximum Gasteiger partial charge on any atom is 0.249 e. The molecule has 3 N–H and O–H groups in total. The van der Waals surface area contributed by atoms with E-state index in [0.29, 0.717) is 6.42 Å². The zero-order valence-corrected chi connectivity index (χ0v) is 10.9. The third-order valence-electron chi connectivity index (χ3n) is 3.92. The van der Waals surface area contributed by atoms with Gasteiger partial charge < -0.3 is 5.32 Å². The highest BCUT2D eigenvalue weighted by molar-refractivity contribution is 6.02. The summed E-state index contributed by atoms with van der Waals surface area (Å²) in [5.74, 6) is -1.13. The Morgan fingerprint density at radius 1 is 1.30 bits per heavy atom. The summed E-state index contributed by atoms with van der Waals surface area (Å²) in [5.41, 5.74) is 1.92. The second-order valence-electron chi connectivity index (χ2n) is 5.26. The minimum atomic E-state index is -0.613. The Kier molecular flexibility index (Phi) is 3.25. The number of nitrogens with zero attached hydrogens (tertiary/aromatic N) is 1. The standard InChI is InChI=1S/C13H16N4O3/c18-11-5-4-10(13(20)16-11)15-12(19)7-2-1-3-9-8(7)6-14-17-9/h6-7,10H,1-5H2,(H,14,17)(H,15,19)(H,16,18,20). The number of aromatic nitrogens is 2. The lowest BCUT2D eigenvalue weighted by Crippen LogP contribution is -2.53. The zero-order chi connectivity index (χ0) is 14.1. The predicted molar refractivity (Wildman–Crippen MR) is 68.6 cm³/mol. The van der Waals surface area contributed by atoms with Gasteiger partial charge in [0.15, 0.2) is 0 Å². The van der Waals surface area contributed by atoms with Crippen LogP contribution >= 0.6 is 0 Å². The molecule has 2 aliphatic rings. The minimum absolute atomic E-state index is 0.165. The van der Waals surface area contributed by atoms with Crippen LogP contribution in [0, 0.1) is 0 Å². The molecule has 1 saturated heterocycles. The van der Waals surface area contributed by atoms with Crippen LogP contribution in [0.25, 0.3) is 0 Å². The molecule has 0 radical (unpaired) electrons. The molecule has 106 valence electrons. The van der Waals surface area contributed by atoms with Gasteiger partial charge in [0.25, 0.3) is 0 Å². The van der Waals surface area contributed by atoms with E-state index in [4.69, 9.17) is 0 Å². The molecule has 0 spiro atoms. The first-order valence-electron chi connectivity index (χ1n) is 6.81. The van der Waals surface area contributed by atoms with Crippen molar-refractivity contribution in [3.8, 4) is 0 Å². The van der Waals surface area contributed by atoms with Gasteiger partial charge in [0.05, 0.1) is 12.1 Å². The second-order valence-corrected chi connectivity index (χ2v) is 5.26. The smallest absolute Gasteiger partial charge is 0.249 e. The van der Waals surface area contributed by atoms with Crippen LogP contribution in [0.5, 0.6) is 0 Å². The number of fused-ring (bicyclic) bond motifs is 1. The van der Waals surface area contributed by atoms with Gasteiger partial charge in [-0.1, -0.05) is 0 Å². The van der Waals surface area contributed by atoms with Gasteiger partial charge in [0.1, 0.15) is 6.04 Å². The Morgan fingerprint density at radius 3 is 2.95 bits per heavy atom. The topological polar surface area (TPSA) is 104 Å². The molecule has 20 heavy (non-hydrogen) atoms. The SMILES string of the molecule is O=C1CCC(NC(=O)C2CCCc3[nH]ncc32)C(=O)N1. The molecule has 0 aromatic carbocycles. The van der Waals surface area contributed by atoms with Crippen molar-refractivity contribution in [2.24, 2.45) is 0 Å². The normalized spacial score (nSPS) is 25.8. The Balaban J connectivity index is 1.69. The molecular weight excluding hydrogens is 260 g/mol. The van der Waals surface area contributed by atoms with Gasteiger partial charge in [0, 0.05) is 17.7 Å². The van der Waals surface area contributed by atoms with Gasteiger partial charge in [0.2, 0.25) is 17.7 Å². The zero-order valence-electron chi connectivity index (χ0n) is 10.9. The third kappa shape index (κ3) is 2.31. The van der Waals surface area contributed by atoms with E-state index < -0.39 is 11.9 Å². The van der Waals surface area contributed by atoms with Crippen LogP contribution in [0.4, 0.5) is 0 Å². The number of aromatic amines is 1. The number of nitrogens with one attached hydrogen (secondary N) is 3. The first kappa shape index (κ1) is 12.8. The van der Waals surface area contributed by atoms with E-state index in [0.717, 1.165) is 30.5 Å². The largest absolute Gasteiger partial charge is 0.344 e. The molecule has 2 atom stereocenters. The number of amides is 3. The Bertz CT molecular complexity index is 566. The Morgan fingerprint density at radius 2 is 2.15 bits per heavy atom. The van der Waals surface area contributed by atoms with Crippen molar-refractivity contribution in [1.29, 1.82) is 0 Å². The van der Waals surface area contributed by atoms with Gasteiger partial charge in [-0.2, -0.15) is 5.10 Å². The van der Waals surface area contributed by atoms with Crippen molar-refractivity contribution in [2.75, 3.05) is 0 Å². The van der Waals surface area contributed by atoms with Gasteiger partial charge in [-0.25, -0.2) is 0 Å². The van der Waals surface area contributed by atoms with E-state index in [9.17, 15) is 14.4 Å². The summed E-state index contributed by atoms with van der Waals surface area (Å²) >= 11 is 0. The van der Waals surface area contributed by atoms with Gasteiger partial charge in [-0.15, -0.1) is 0 Å². The summed E-state index contributed by atoms with van der Waals surface area (Å²) in [6, 6.07) is -0.613. The van der Waals surface area contributed by atoms with Crippen molar-refractivity contribution in [2.45, 2.75) is 44.1 Å². The number of imide groups is 1. The number of aryl methyl sites for hydroxylation is 1. The maximum atomic E-state index is 12.3.